The maximum absolute atomic E-state index is 11.4. The van der Waals surface area contributed by atoms with Crippen molar-refractivity contribution in [2.75, 3.05) is 11.9 Å². The Morgan fingerprint density at radius 3 is 2.53 bits per heavy atom. The summed E-state index contributed by atoms with van der Waals surface area (Å²) in [5.41, 5.74) is 3.04. The molecular weight excluding hydrogens is 418 g/mol. The average molecular weight is 440 g/mol. The number of hydrogen-bond acceptors (Lipinski definition) is 7. The van der Waals surface area contributed by atoms with Gasteiger partial charge in [-0.25, -0.2) is 23.5 Å². The summed E-state index contributed by atoms with van der Waals surface area (Å²) in [5, 5.41) is 9.63. The summed E-state index contributed by atoms with van der Waals surface area (Å²) in [6.45, 7) is 4.81. The number of sulfonamides is 1. The van der Waals surface area contributed by atoms with Crippen LogP contribution >= 0.6 is 11.3 Å². The van der Waals surface area contributed by atoms with Crippen molar-refractivity contribution in [2.45, 2.75) is 25.2 Å². The van der Waals surface area contributed by atoms with Gasteiger partial charge in [0.2, 0.25) is 10.0 Å². The summed E-state index contributed by atoms with van der Waals surface area (Å²) in [6.07, 6.45) is 4.19. The van der Waals surface area contributed by atoms with Crippen molar-refractivity contribution in [3.8, 4) is 11.4 Å². The van der Waals surface area contributed by atoms with E-state index in [0.717, 1.165) is 27.2 Å². The number of aryl methyl sites for hydroxylation is 2. The van der Waals surface area contributed by atoms with Gasteiger partial charge in [-0.3, -0.25) is 4.98 Å². The Labute approximate surface area is 179 Å². The first kappa shape index (κ1) is 20.4. The van der Waals surface area contributed by atoms with Gasteiger partial charge in [0.05, 0.1) is 10.3 Å². The van der Waals surface area contributed by atoms with Gasteiger partial charge >= 0.3 is 0 Å². The summed E-state index contributed by atoms with van der Waals surface area (Å²) in [6, 6.07) is 10.4. The van der Waals surface area contributed by atoms with E-state index in [1.807, 2.05) is 12.1 Å². The van der Waals surface area contributed by atoms with Crippen molar-refractivity contribution >= 4 is 37.4 Å². The molecule has 0 bridgehead atoms. The number of nitrogens with one attached hydrogen (secondary N) is 1. The molecule has 0 saturated carbocycles. The average Bonchev–Trinajstić information content (AvgIpc) is 3.02. The molecule has 0 aliphatic carbocycles. The number of primary sulfonamides is 1. The highest BCUT2D eigenvalue weighted by Gasteiger charge is 2.15. The van der Waals surface area contributed by atoms with Crippen LogP contribution in [0.3, 0.4) is 0 Å². The molecule has 0 amide bonds. The van der Waals surface area contributed by atoms with Crippen molar-refractivity contribution in [1.29, 1.82) is 0 Å². The standard InChI is InChI=1S/C21H21N5O2S2/c1-13-14(2)29-21-18(13)20(25-19(26-21)16-4-3-10-23-12-16)24-11-9-15-5-7-17(8-6-15)30(22,27)28/h3-8,10,12H,9,11H2,1-2H3,(H2,22,27,28)(H,24,25,26). The van der Waals surface area contributed by atoms with Gasteiger partial charge in [0.1, 0.15) is 10.6 Å². The molecule has 0 fully saturated rings. The van der Waals surface area contributed by atoms with Crippen molar-refractivity contribution in [1.82, 2.24) is 15.0 Å². The molecule has 3 N–H and O–H groups in total. The summed E-state index contributed by atoms with van der Waals surface area (Å²) in [5.74, 6) is 1.43. The molecule has 4 rings (SSSR count). The Kier molecular flexibility index (Phi) is 5.50. The fraction of sp³-hybridized carbons (Fsp3) is 0.190. The summed E-state index contributed by atoms with van der Waals surface area (Å²) < 4.78 is 22.8. The summed E-state index contributed by atoms with van der Waals surface area (Å²) >= 11 is 1.66. The molecule has 7 nitrogen and oxygen atoms in total. The third-order valence-electron chi connectivity index (χ3n) is 4.91. The lowest BCUT2D eigenvalue weighted by molar-refractivity contribution is 0.598. The highest BCUT2D eigenvalue weighted by molar-refractivity contribution is 7.89. The molecule has 0 spiro atoms. The van der Waals surface area contributed by atoms with Crippen molar-refractivity contribution in [2.24, 2.45) is 5.14 Å². The maximum atomic E-state index is 11.4. The SMILES string of the molecule is Cc1sc2nc(-c3cccnc3)nc(NCCc3ccc(S(N)(=O)=O)cc3)c2c1C. The quantitative estimate of drug-likeness (QED) is 0.474. The van der Waals surface area contributed by atoms with Crippen LogP contribution in [0.2, 0.25) is 0 Å². The molecule has 154 valence electrons. The normalized spacial score (nSPS) is 11.7. The van der Waals surface area contributed by atoms with E-state index < -0.39 is 10.0 Å². The number of anilines is 1. The molecule has 30 heavy (non-hydrogen) atoms. The molecule has 9 heteroatoms. The van der Waals surface area contributed by atoms with Crippen molar-refractivity contribution in [3.05, 3.63) is 64.8 Å². The Balaban J connectivity index is 1.60. The van der Waals surface area contributed by atoms with E-state index >= 15 is 0 Å². The van der Waals surface area contributed by atoms with Crippen molar-refractivity contribution in [3.63, 3.8) is 0 Å². The molecule has 0 unspecified atom stereocenters. The number of rotatable bonds is 6. The molecule has 0 radical (unpaired) electrons. The van der Waals surface area contributed by atoms with Crippen LogP contribution in [0.25, 0.3) is 21.6 Å². The fourth-order valence-electron chi connectivity index (χ4n) is 3.17. The minimum absolute atomic E-state index is 0.113. The third-order valence-corrected chi connectivity index (χ3v) is 6.94. The van der Waals surface area contributed by atoms with Gasteiger partial charge in [0, 0.05) is 29.4 Å². The number of nitrogens with two attached hydrogens (primary N) is 1. The molecular formula is C21H21N5O2S2. The van der Waals surface area contributed by atoms with E-state index in [4.69, 9.17) is 15.1 Å². The Bertz CT molecular complexity index is 1300. The van der Waals surface area contributed by atoms with Crippen LogP contribution in [0, 0.1) is 13.8 Å². The molecule has 0 saturated heterocycles. The minimum atomic E-state index is -3.68. The van der Waals surface area contributed by atoms with E-state index in [2.05, 4.69) is 24.1 Å². The zero-order chi connectivity index (χ0) is 21.3. The van der Waals surface area contributed by atoms with Gasteiger partial charge in [-0.2, -0.15) is 0 Å². The first-order valence-electron chi connectivity index (χ1n) is 9.36. The third kappa shape index (κ3) is 4.18. The number of nitrogens with zero attached hydrogens (tertiary/aromatic N) is 3. The Morgan fingerprint density at radius 1 is 1.10 bits per heavy atom. The molecule has 0 atom stereocenters. The van der Waals surface area contributed by atoms with Crippen LogP contribution in [0.5, 0.6) is 0 Å². The van der Waals surface area contributed by atoms with Gasteiger partial charge in [-0.1, -0.05) is 12.1 Å². The van der Waals surface area contributed by atoms with E-state index in [1.165, 1.54) is 22.6 Å². The number of pyridine rings is 1. The van der Waals surface area contributed by atoms with E-state index in [0.29, 0.717) is 18.8 Å². The molecule has 3 aromatic heterocycles. The van der Waals surface area contributed by atoms with Crippen LogP contribution in [-0.4, -0.2) is 29.9 Å². The van der Waals surface area contributed by atoms with Crippen LogP contribution in [0.1, 0.15) is 16.0 Å². The summed E-state index contributed by atoms with van der Waals surface area (Å²) in [4.78, 5) is 16.0. The number of hydrogen-bond donors (Lipinski definition) is 2. The molecule has 0 aliphatic heterocycles. The topological polar surface area (TPSA) is 111 Å². The first-order valence-corrected chi connectivity index (χ1v) is 11.7. The number of fused-ring (bicyclic) bond motifs is 1. The molecule has 4 aromatic rings. The smallest absolute Gasteiger partial charge is 0.238 e. The Hall–Kier alpha value is -2.88. The number of aromatic nitrogens is 3. The lowest BCUT2D eigenvalue weighted by Crippen LogP contribution is -2.12. The predicted molar refractivity (Wildman–Crippen MR) is 120 cm³/mol. The second-order valence-electron chi connectivity index (χ2n) is 6.97. The van der Waals surface area contributed by atoms with Gasteiger partial charge < -0.3 is 5.32 Å². The van der Waals surface area contributed by atoms with E-state index in [-0.39, 0.29) is 4.90 Å². The Morgan fingerprint density at radius 2 is 1.87 bits per heavy atom. The maximum Gasteiger partial charge on any atom is 0.238 e. The molecule has 0 aliphatic rings. The number of thiophene rings is 1. The van der Waals surface area contributed by atoms with Crippen LogP contribution < -0.4 is 10.5 Å². The zero-order valence-corrected chi connectivity index (χ0v) is 18.2. The number of benzene rings is 1. The van der Waals surface area contributed by atoms with Crippen LogP contribution in [0.4, 0.5) is 5.82 Å². The van der Waals surface area contributed by atoms with Gasteiger partial charge in [0.15, 0.2) is 5.82 Å². The second-order valence-corrected chi connectivity index (χ2v) is 9.73. The monoisotopic (exact) mass is 439 g/mol. The zero-order valence-electron chi connectivity index (χ0n) is 16.6. The lowest BCUT2D eigenvalue weighted by atomic mass is 10.1. The second kappa shape index (κ2) is 8.10. The lowest BCUT2D eigenvalue weighted by Gasteiger charge is -2.10. The van der Waals surface area contributed by atoms with Crippen LogP contribution in [0.15, 0.2) is 53.7 Å². The van der Waals surface area contributed by atoms with E-state index in [9.17, 15) is 8.42 Å². The molecule has 3 heterocycles. The highest BCUT2D eigenvalue weighted by atomic mass is 32.2. The van der Waals surface area contributed by atoms with Crippen molar-refractivity contribution < 1.29 is 8.42 Å². The minimum Gasteiger partial charge on any atom is -0.369 e. The molecule has 1 aromatic carbocycles. The van der Waals surface area contributed by atoms with Gasteiger partial charge in [-0.05, 0) is 55.7 Å². The van der Waals surface area contributed by atoms with E-state index in [1.54, 1.807) is 35.9 Å². The first-order chi connectivity index (χ1) is 14.3. The van der Waals surface area contributed by atoms with Gasteiger partial charge in [0.25, 0.3) is 0 Å². The fourth-order valence-corrected chi connectivity index (χ4v) is 4.72. The van der Waals surface area contributed by atoms with Crippen LogP contribution in [-0.2, 0) is 16.4 Å². The largest absolute Gasteiger partial charge is 0.369 e. The summed E-state index contributed by atoms with van der Waals surface area (Å²) in [7, 11) is -3.68. The highest BCUT2D eigenvalue weighted by Crippen LogP contribution is 2.34. The van der Waals surface area contributed by atoms with Gasteiger partial charge in [-0.15, -0.1) is 11.3 Å². The predicted octanol–water partition coefficient (Wildman–Crippen LogP) is 3.67.